The van der Waals surface area contributed by atoms with Crippen molar-refractivity contribution in [1.82, 2.24) is 0 Å². The average Bonchev–Trinajstić information content (AvgIpc) is 2.49. The second-order valence-electron chi connectivity index (χ2n) is 4.45. The molecule has 1 aromatic rings. The average molecular weight is 346 g/mol. The number of nitro benzene ring substituents is 1. The molecule has 0 aliphatic rings. The third-order valence-corrected chi connectivity index (χ3v) is 2.63. The van der Waals surface area contributed by atoms with Crippen molar-refractivity contribution in [1.29, 1.82) is 0 Å². The number of amides is 1. The predicted molar refractivity (Wildman–Crippen MR) is 77.1 cm³/mol. The highest BCUT2D eigenvalue weighted by atomic mass is 19.4. The van der Waals surface area contributed by atoms with E-state index in [0.717, 1.165) is 12.1 Å². The molecule has 1 N–H and O–H groups in total. The number of carbonyl (C=O) groups is 2. The molecule has 0 fully saturated rings. The van der Waals surface area contributed by atoms with Crippen LogP contribution in [0.5, 0.6) is 0 Å². The second-order valence-corrected chi connectivity index (χ2v) is 4.45. The van der Waals surface area contributed by atoms with Gasteiger partial charge in [0.05, 0.1) is 10.5 Å². The van der Waals surface area contributed by atoms with Crippen molar-refractivity contribution in [2.24, 2.45) is 0 Å². The zero-order chi connectivity index (χ0) is 18.3. The van der Waals surface area contributed by atoms with Crippen LogP contribution in [0.4, 0.5) is 24.5 Å². The van der Waals surface area contributed by atoms with Crippen LogP contribution in [0.1, 0.15) is 18.9 Å². The normalized spacial score (nSPS) is 11.3. The van der Waals surface area contributed by atoms with Crippen LogP contribution in [0.15, 0.2) is 30.4 Å². The number of alkyl halides is 3. The van der Waals surface area contributed by atoms with Gasteiger partial charge in [0.25, 0.3) is 11.6 Å². The lowest BCUT2D eigenvalue weighted by molar-refractivity contribution is -0.384. The van der Waals surface area contributed by atoms with Gasteiger partial charge in [0.15, 0.2) is 6.61 Å². The summed E-state index contributed by atoms with van der Waals surface area (Å²) in [6.45, 7) is 1.05. The maximum atomic E-state index is 12.6. The summed E-state index contributed by atoms with van der Waals surface area (Å²) in [6.07, 6.45) is -1.57. The molecule has 0 unspecified atom stereocenters. The van der Waals surface area contributed by atoms with Gasteiger partial charge in [0, 0.05) is 12.1 Å². The van der Waals surface area contributed by atoms with Gasteiger partial charge in [0.2, 0.25) is 0 Å². The first-order valence-corrected chi connectivity index (χ1v) is 6.64. The van der Waals surface area contributed by atoms with Crippen LogP contribution >= 0.6 is 0 Å². The largest absolute Gasteiger partial charge is 0.452 e. The van der Waals surface area contributed by atoms with Crippen molar-refractivity contribution in [3.63, 3.8) is 0 Å². The van der Waals surface area contributed by atoms with Crippen molar-refractivity contribution < 1.29 is 32.4 Å². The van der Waals surface area contributed by atoms with E-state index in [-0.39, 0.29) is 0 Å². The van der Waals surface area contributed by atoms with E-state index >= 15 is 0 Å². The summed E-state index contributed by atoms with van der Waals surface area (Å²) in [5.41, 5.74) is -2.57. The molecular weight excluding hydrogens is 333 g/mol. The van der Waals surface area contributed by atoms with Crippen LogP contribution in [0.25, 0.3) is 0 Å². The minimum absolute atomic E-state index is 0.311. The van der Waals surface area contributed by atoms with Gasteiger partial charge in [-0.05, 0) is 18.6 Å². The van der Waals surface area contributed by atoms with Gasteiger partial charge in [-0.25, -0.2) is 4.79 Å². The molecule has 7 nitrogen and oxygen atoms in total. The Morgan fingerprint density at radius 1 is 1.38 bits per heavy atom. The van der Waals surface area contributed by atoms with Crippen molar-refractivity contribution in [2.45, 2.75) is 19.5 Å². The number of ether oxygens (including phenoxy) is 1. The number of esters is 1. The lowest BCUT2D eigenvalue weighted by Gasteiger charge is -2.10. The topological polar surface area (TPSA) is 98.5 Å². The van der Waals surface area contributed by atoms with Crippen molar-refractivity contribution in [3.8, 4) is 0 Å². The number of rotatable bonds is 6. The van der Waals surface area contributed by atoms with E-state index in [1.54, 1.807) is 6.92 Å². The Balaban J connectivity index is 2.83. The van der Waals surface area contributed by atoms with E-state index in [4.69, 9.17) is 0 Å². The Morgan fingerprint density at radius 3 is 2.58 bits per heavy atom. The maximum absolute atomic E-state index is 12.6. The van der Waals surface area contributed by atoms with E-state index in [2.05, 4.69) is 4.74 Å². The zero-order valence-corrected chi connectivity index (χ0v) is 12.4. The van der Waals surface area contributed by atoms with Gasteiger partial charge in [0.1, 0.15) is 5.69 Å². The zero-order valence-electron chi connectivity index (χ0n) is 12.4. The highest BCUT2D eigenvalue weighted by Crippen LogP contribution is 2.34. The number of halogens is 3. The van der Waals surface area contributed by atoms with Gasteiger partial charge >= 0.3 is 12.1 Å². The molecule has 0 heterocycles. The molecule has 0 aromatic heterocycles. The first kappa shape index (κ1) is 19.1. The summed E-state index contributed by atoms with van der Waals surface area (Å²) in [5, 5.41) is 12.9. The van der Waals surface area contributed by atoms with Gasteiger partial charge in [-0.15, -0.1) is 0 Å². The highest BCUT2D eigenvalue weighted by molar-refractivity contribution is 5.95. The Morgan fingerprint density at radius 2 is 2.04 bits per heavy atom. The molecule has 0 bridgehead atoms. The summed E-state index contributed by atoms with van der Waals surface area (Å²) in [5.74, 6) is -1.70. The number of anilines is 1. The van der Waals surface area contributed by atoms with Gasteiger partial charge in [-0.2, -0.15) is 13.2 Å². The monoisotopic (exact) mass is 346 g/mol. The molecule has 0 saturated heterocycles. The van der Waals surface area contributed by atoms with Gasteiger partial charge in [-0.3, -0.25) is 14.9 Å². The van der Waals surface area contributed by atoms with E-state index in [1.165, 1.54) is 6.08 Å². The van der Waals surface area contributed by atoms with Crippen LogP contribution in [-0.2, 0) is 20.5 Å². The van der Waals surface area contributed by atoms with E-state index in [0.29, 0.717) is 18.6 Å². The fraction of sp³-hybridized carbons (Fsp3) is 0.286. The molecule has 0 atom stereocenters. The third kappa shape index (κ3) is 5.71. The highest BCUT2D eigenvalue weighted by Gasteiger charge is 2.33. The SMILES string of the molecule is CC/C=C/C(=O)OCC(=O)Nc1ccc(C(F)(F)F)cc1[N+](=O)[O-]. The number of allylic oxidation sites excluding steroid dienone is 1. The van der Waals surface area contributed by atoms with E-state index in [1.807, 2.05) is 5.32 Å². The molecule has 24 heavy (non-hydrogen) atoms. The first-order valence-electron chi connectivity index (χ1n) is 6.64. The molecule has 1 aromatic carbocycles. The summed E-state index contributed by atoms with van der Waals surface area (Å²) in [7, 11) is 0. The molecular formula is C14H13F3N2O5. The standard InChI is InChI=1S/C14H13F3N2O5/c1-2-3-4-13(21)24-8-12(20)18-10-6-5-9(14(15,16)17)7-11(10)19(22)23/h3-7H,2,8H2,1H3,(H,18,20)/b4-3+. The van der Waals surface area contributed by atoms with Gasteiger partial charge in [-0.1, -0.05) is 13.0 Å². The molecule has 0 radical (unpaired) electrons. The summed E-state index contributed by atoms with van der Waals surface area (Å²) >= 11 is 0. The van der Waals surface area contributed by atoms with Crippen molar-refractivity contribution in [3.05, 3.63) is 46.0 Å². The predicted octanol–water partition coefficient (Wildman–Crippen LogP) is 3.06. The number of nitro groups is 1. The third-order valence-electron chi connectivity index (χ3n) is 2.63. The Labute approximate surface area is 134 Å². The number of nitrogens with zero attached hydrogens (tertiary/aromatic N) is 1. The quantitative estimate of drug-likeness (QED) is 0.369. The molecule has 0 aliphatic heterocycles. The molecule has 0 saturated carbocycles. The lowest BCUT2D eigenvalue weighted by Crippen LogP contribution is -2.21. The van der Waals surface area contributed by atoms with Crippen LogP contribution in [0.3, 0.4) is 0 Å². The minimum Gasteiger partial charge on any atom is -0.452 e. The molecule has 1 amide bonds. The number of benzene rings is 1. The Kier molecular flexibility index (Phi) is 6.45. The molecule has 0 spiro atoms. The van der Waals surface area contributed by atoms with Crippen molar-refractivity contribution >= 4 is 23.3 Å². The molecule has 1 rings (SSSR count). The minimum atomic E-state index is -4.76. The van der Waals surface area contributed by atoms with Crippen LogP contribution in [0.2, 0.25) is 0 Å². The fourth-order valence-corrected chi connectivity index (χ4v) is 1.55. The molecule has 130 valence electrons. The van der Waals surface area contributed by atoms with Crippen LogP contribution < -0.4 is 5.32 Å². The first-order chi connectivity index (χ1) is 11.1. The Hall–Kier alpha value is -2.91. The van der Waals surface area contributed by atoms with Gasteiger partial charge < -0.3 is 10.1 Å². The smallest absolute Gasteiger partial charge is 0.416 e. The second kappa shape index (κ2) is 8.09. The van der Waals surface area contributed by atoms with E-state index in [9.17, 15) is 32.9 Å². The number of carbonyl (C=O) groups excluding carboxylic acids is 2. The number of hydrogen-bond acceptors (Lipinski definition) is 5. The molecule has 0 aliphatic carbocycles. The summed E-state index contributed by atoms with van der Waals surface area (Å²) in [6, 6.07) is 1.67. The fourth-order valence-electron chi connectivity index (χ4n) is 1.55. The summed E-state index contributed by atoms with van der Waals surface area (Å²) < 4.78 is 42.3. The van der Waals surface area contributed by atoms with Crippen LogP contribution in [0, 0.1) is 10.1 Å². The number of nitrogens with one attached hydrogen (secondary N) is 1. The maximum Gasteiger partial charge on any atom is 0.416 e. The van der Waals surface area contributed by atoms with Crippen molar-refractivity contribution in [2.75, 3.05) is 11.9 Å². The molecule has 10 heteroatoms. The Bertz CT molecular complexity index is 671. The van der Waals surface area contributed by atoms with Crippen LogP contribution in [-0.4, -0.2) is 23.4 Å². The van der Waals surface area contributed by atoms with E-state index < -0.39 is 46.5 Å². The lowest BCUT2D eigenvalue weighted by atomic mass is 10.1. The summed E-state index contributed by atoms with van der Waals surface area (Å²) in [4.78, 5) is 32.6. The number of hydrogen-bond donors (Lipinski definition) is 1.